The van der Waals surface area contributed by atoms with E-state index in [4.69, 9.17) is 0 Å². The fourth-order valence-electron chi connectivity index (χ4n) is 2.60. The number of nitrogens with one attached hydrogen (secondary N) is 1. The summed E-state index contributed by atoms with van der Waals surface area (Å²) in [6, 6.07) is 7.74. The van der Waals surface area contributed by atoms with E-state index < -0.39 is 0 Å². The van der Waals surface area contributed by atoms with Gasteiger partial charge in [-0.25, -0.2) is 9.97 Å². The Labute approximate surface area is 135 Å². The first-order valence-corrected chi connectivity index (χ1v) is 7.69. The van der Waals surface area contributed by atoms with Crippen LogP contribution in [0.1, 0.15) is 16.7 Å². The van der Waals surface area contributed by atoms with Crippen molar-refractivity contribution in [3.8, 4) is 0 Å². The van der Waals surface area contributed by atoms with Gasteiger partial charge in [0.05, 0.1) is 17.2 Å². The van der Waals surface area contributed by atoms with Crippen LogP contribution in [0, 0.1) is 20.8 Å². The van der Waals surface area contributed by atoms with Gasteiger partial charge in [0.25, 0.3) is 5.56 Å². The number of fused-ring (bicyclic) bond motifs is 1. The molecule has 0 saturated heterocycles. The normalized spacial score (nSPS) is 10.9. The maximum atomic E-state index is 12.6. The lowest BCUT2D eigenvalue weighted by atomic mass is 10.1. The van der Waals surface area contributed by atoms with E-state index in [0.717, 1.165) is 28.0 Å². The number of rotatable bonds is 4. The van der Waals surface area contributed by atoms with Crippen LogP contribution in [-0.4, -0.2) is 21.1 Å². The van der Waals surface area contributed by atoms with Gasteiger partial charge in [-0.3, -0.25) is 9.36 Å². The zero-order valence-corrected chi connectivity index (χ0v) is 13.6. The van der Waals surface area contributed by atoms with E-state index in [1.165, 1.54) is 0 Å². The molecular weight excluding hydrogens is 288 g/mol. The number of hydrogen-bond acceptors (Lipinski definition) is 4. The molecule has 3 rings (SSSR count). The lowest BCUT2D eigenvalue weighted by Crippen LogP contribution is -2.24. The second-order valence-electron chi connectivity index (χ2n) is 5.74. The van der Waals surface area contributed by atoms with Crippen LogP contribution in [-0.2, 0) is 6.54 Å². The van der Waals surface area contributed by atoms with E-state index in [1.807, 2.05) is 45.0 Å². The molecule has 0 aliphatic carbocycles. The molecule has 2 heterocycles. The standard InChI is InChI=1S/C18H20N4O/c1-12-6-7-15-16(14(12)3)21-11-22(18(15)23)10-9-20-17-13(2)5-4-8-19-17/h4-8,11H,9-10H2,1-3H3,(H,19,20). The zero-order valence-electron chi connectivity index (χ0n) is 13.6. The highest BCUT2D eigenvalue weighted by molar-refractivity contribution is 5.81. The third-order valence-electron chi connectivity index (χ3n) is 4.17. The fourth-order valence-corrected chi connectivity index (χ4v) is 2.60. The van der Waals surface area contributed by atoms with Gasteiger partial charge >= 0.3 is 0 Å². The first-order valence-electron chi connectivity index (χ1n) is 7.69. The van der Waals surface area contributed by atoms with Gasteiger partial charge in [0.15, 0.2) is 0 Å². The highest BCUT2D eigenvalue weighted by atomic mass is 16.1. The van der Waals surface area contributed by atoms with Gasteiger partial charge in [0.1, 0.15) is 5.82 Å². The van der Waals surface area contributed by atoms with Gasteiger partial charge in [-0.1, -0.05) is 12.1 Å². The number of hydrogen-bond donors (Lipinski definition) is 1. The second-order valence-corrected chi connectivity index (χ2v) is 5.74. The molecule has 118 valence electrons. The Bertz CT molecular complexity index is 915. The number of aromatic nitrogens is 3. The minimum atomic E-state index is -0.00218. The van der Waals surface area contributed by atoms with Crippen molar-refractivity contribution in [1.29, 1.82) is 0 Å². The maximum Gasteiger partial charge on any atom is 0.261 e. The molecule has 0 fully saturated rings. The summed E-state index contributed by atoms with van der Waals surface area (Å²) in [5, 5.41) is 3.93. The minimum absolute atomic E-state index is 0.00218. The number of nitrogens with zero attached hydrogens (tertiary/aromatic N) is 3. The molecular formula is C18H20N4O. The lowest BCUT2D eigenvalue weighted by molar-refractivity contribution is 0.688. The summed E-state index contributed by atoms with van der Waals surface area (Å²) in [7, 11) is 0. The molecule has 0 bridgehead atoms. The predicted molar refractivity (Wildman–Crippen MR) is 92.9 cm³/mol. The smallest absolute Gasteiger partial charge is 0.261 e. The molecule has 5 heteroatoms. The maximum absolute atomic E-state index is 12.6. The first-order chi connectivity index (χ1) is 11.1. The van der Waals surface area contributed by atoms with Gasteiger partial charge < -0.3 is 5.32 Å². The van der Waals surface area contributed by atoms with Crippen LogP contribution in [0.25, 0.3) is 10.9 Å². The topological polar surface area (TPSA) is 59.8 Å². The van der Waals surface area contributed by atoms with Crippen molar-refractivity contribution >= 4 is 16.7 Å². The van der Waals surface area contributed by atoms with Crippen LogP contribution in [0.3, 0.4) is 0 Å². The number of aryl methyl sites for hydroxylation is 3. The summed E-state index contributed by atoms with van der Waals surface area (Å²) >= 11 is 0. The third kappa shape index (κ3) is 2.95. The number of pyridine rings is 1. The van der Waals surface area contributed by atoms with Crippen LogP contribution in [0.4, 0.5) is 5.82 Å². The molecule has 0 spiro atoms. The fraction of sp³-hybridized carbons (Fsp3) is 0.278. The van der Waals surface area contributed by atoms with Gasteiger partial charge in [-0.15, -0.1) is 0 Å². The van der Waals surface area contributed by atoms with Crippen molar-refractivity contribution in [2.45, 2.75) is 27.3 Å². The van der Waals surface area contributed by atoms with Crippen molar-refractivity contribution in [1.82, 2.24) is 14.5 Å². The van der Waals surface area contributed by atoms with E-state index in [0.29, 0.717) is 18.5 Å². The molecule has 1 aromatic carbocycles. The van der Waals surface area contributed by atoms with Crippen molar-refractivity contribution in [2.24, 2.45) is 0 Å². The summed E-state index contributed by atoms with van der Waals surface area (Å²) in [6.07, 6.45) is 3.38. The van der Waals surface area contributed by atoms with E-state index in [9.17, 15) is 4.79 Å². The highest BCUT2D eigenvalue weighted by Gasteiger charge is 2.07. The van der Waals surface area contributed by atoms with Crippen LogP contribution in [0.2, 0.25) is 0 Å². The van der Waals surface area contributed by atoms with Crippen molar-refractivity contribution in [3.63, 3.8) is 0 Å². The SMILES string of the molecule is Cc1cccnc1NCCn1cnc2c(C)c(C)ccc2c1=O. The summed E-state index contributed by atoms with van der Waals surface area (Å²) in [5.41, 5.74) is 4.09. The molecule has 0 saturated carbocycles. The number of benzene rings is 1. The van der Waals surface area contributed by atoms with Crippen LogP contribution >= 0.6 is 0 Å². The Morgan fingerprint density at radius 1 is 1.09 bits per heavy atom. The molecule has 0 unspecified atom stereocenters. The quantitative estimate of drug-likeness (QED) is 0.805. The Morgan fingerprint density at radius 2 is 1.91 bits per heavy atom. The Hall–Kier alpha value is -2.69. The minimum Gasteiger partial charge on any atom is -0.368 e. The summed E-state index contributed by atoms with van der Waals surface area (Å²) in [6.45, 7) is 7.20. The van der Waals surface area contributed by atoms with Gasteiger partial charge in [-0.2, -0.15) is 0 Å². The monoisotopic (exact) mass is 308 g/mol. The predicted octanol–water partition coefficient (Wildman–Crippen LogP) is 2.83. The molecule has 5 nitrogen and oxygen atoms in total. The molecule has 3 aromatic rings. The van der Waals surface area contributed by atoms with Gasteiger partial charge in [0, 0.05) is 19.3 Å². The Morgan fingerprint density at radius 3 is 2.70 bits per heavy atom. The molecule has 0 atom stereocenters. The van der Waals surface area contributed by atoms with Crippen molar-refractivity contribution in [3.05, 3.63) is 63.8 Å². The lowest BCUT2D eigenvalue weighted by Gasteiger charge is -2.11. The largest absolute Gasteiger partial charge is 0.368 e. The van der Waals surface area contributed by atoms with Crippen molar-refractivity contribution < 1.29 is 0 Å². The molecule has 2 aromatic heterocycles. The molecule has 0 amide bonds. The molecule has 1 N–H and O–H groups in total. The average Bonchev–Trinajstić information content (AvgIpc) is 2.55. The Balaban J connectivity index is 1.82. The van der Waals surface area contributed by atoms with E-state index in [1.54, 1.807) is 17.1 Å². The second kappa shape index (κ2) is 6.20. The van der Waals surface area contributed by atoms with Crippen LogP contribution in [0.5, 0.6) is 0 Å². The third-order valence-corrected chi connectivity index (χ3v) is 4.17. The number of anilines is 1. The summed E-state index contributed by atoms with van der Waals surface area (Å²) < 4.78 is 1.64. The first kappa shape index (κ1) is 15.2. The molecule has 0 radical (unpaired) electrons. The average molecular weight is 308 g/mol. The molecule has 0 aliphatic heterocycles. The van der Waals surface area contributed by atoms with E-state index >= 15 is 0 Å². The highest BCUT2D eigenvalue weighted by Crippen LogP contribution is 2.16. The van der Waals surface area contributed by atoms with Crippen LogP contribution < -0.4 is 10.9 Å². The zero-order chi connectivity index (χ0) is 16.4. The molecule has 23 heavy (non-hydrogen) atoms. The summed E-state index contributed by atoms with van der Waals surface area (Å²) in [4.78, 5) is 21.3. The van der Waals surface area contributed by atoms with E-state index in [-0.39, 0.29) is 5.56 Å². The van der Waals surface area contributed by atoms with Crippen molar-refractivity contribution in [2.75, 3.05) is 11.9 Å². The van der Waals surface area contributed by atoms with Crippen LogP contribution in [0.15, 0.2) is 41.6 Å². The van der Waals surface area contributed by atoms with Gasteiger partial charge in [0.2, 0.25) is 0 Å². The van der Waals surface area contributed by atoms with Gasteiger partial charge in [-0.05, 0) is 49.6 Å². The summed E-state index contributed by atoms with van der Waals surface area (Å²) in [5.74, 6) is 0.848. The van der Waals surface area contributed by atoms with E-state index in [2.05, 4.69) is 15.3 Å². The Kier molecular flexibility index (Phi) is 4.10. The molecule has 0 aliphatic rings.